The average molecular weight is 379 g/mol. The maximum atomic E-state index is 12.7. The van der Waals surface area contributed by atoms with Crippen LogP contribution in [0.5, 0.6) is 5.75 Å². The van der Waals surface area contributed by atoms with E-state index in [2.05, 4.69) is 5.16 Å². The number of benzene rings is 2. The van der Waals surface area contributed by atoms with Gasteiger partial charge < -0.3 is 19.1 Å². The minimum atomic E-state index is -0.0477. The Kier molecular flexibility index (Phi) is 4.97. The Labute approximate surface area is 162 Å². The summed E-state index contributed by atoms with van der Waals surface area (Å²) in [5.74, 6) is 0.598. The first kappa shape index (κ1) is 18.0. The Morgan fingerprint density at radius 3 is 2.57 bits per heavy atom. The van der Waals surface area contributed by atoms with E-state index in [1.54, 1.807) is 41.2 Å². The van der Waals surface area contributed by atoms with Crippen LogP contribution in [0.4, 0.5) is 0 Å². The smallest absolute Gasteiger partial charge is 0.254 e. The summed E-state index contributed by atoms with van der Waals surface area (Å²) >= 11 is 0. The van der Waals surface area contributed by atoms with E-state index in [-0.39, 0.29) is 18.2 Å². The normalized spacial score (nSPS) is 14.3. The third kappa shape index (κ3) is 3.55. The van der Waals surface area contributed by atoms with E-state index in [0.717, 1.165) is 5.39 Å². The van der Waals surface area contributed by atoms with Crippen molar-refractivity contribution in [2.45, 2.75) is 6.42 Å². The fourth-order valence-corrected chi connectivity index (χ4v) is 3.42. The molecule has 0 saturated carbocycles. The molecule has 0 radical (unpaired) electrons. The highest BCUT2D eigenvalue weighted by Crippen LogP contribution is 2.19. The van der Waals surface area contributed by atoms with Gasteiger partial charge in [0.15, 0.2) is 5.58 Å². The number of hydrogen-bond donors (Lipinski definition) is 0. The van der Waals surface area contributed by atoms with Crippen LogP contribution in [-0.4, -0.2) is 60.1 Å². The molecule has 0 N–H and O–H groups in total. The summed E-state index contributed by atoms with van der Waals surface area (Å²) < 4.78 is 10.5. The fourth-order valence-electron chi connectivity index (χ4n) is 3.42. The van der Waals surface area contributed by atoms with Crippen molar-refractivity contribution in [2.24, 2.45) is 0 Å². The van der Waals surface area contributed by atoms with Crippen LogP contribution < -0.4 is 4.74 Å². The van der Waals surface area contributed by atoms with E-state index < -0.39 is 0 Å². The van der Waals surface area contributed by atoms with Crippen LogP contribution in [0.1, 0.15) is 16.1 Å². The third-order valence-corrected chi connectivity index (χ3v) is 5.01. The minimum absolute atomic E-state index is 0.00691. The number of amides is 2. The number of carbonyl (C=O) groups excluding carboxylic acids is 2. The molecule has 2 amide bonds. The van der Waals surface area contributed by atoms with Crippen LogP contribution in [0.15, 0.2) is 53.1 Å². The molecule has 1 aromatic heterocycles. The van der Waals surface area contributed by atoms with Gasteiger partial charge in [-0.05, 0) is 30.3 Å². The monoisotopic (exact) mass is 379 g/mol. The predicted octanol–water partition coefficient (Wildman–Crippen LogP) is 2.36. The summed E-state index contributed by atoms with van der Waals surface area (Å²) in [5.41, 5.74) is 1.92. The SMILES string of the molecule is COc1cccc(C(=O)N2CCN(C(=O)Cc3noc4ccccc34)CC2)c1. The third-order valence-electron chi connectivity index (χ3n) is 5.01. The second-order valence-electron chi connectivity index (χ2n) is 6.71. The van der Waals surface area contributed by atoms with Crippen molar-refractivity contribution in [1.29, 1.82) is 0 Å². The molecule has 1 aliphatic rings. The Balaban J connectivity index is 1.37. The summed E-state index contributed by atoms with van der Waals surface area (Å²) in [5, 5.41) is 4.89. The maximum Gasteiger partial charge on any atom is 0.254 e. The highest BCUT2D eigenvalue weighted by Gasteiger charge is 2.26. The molecule has 2 heterocycles. The van der Waals surface area contributed by atoms with Gasteiger partial charge in [-0.2, -0.15) is 0 Å². The van der Waals surface area contributed by atoms with Crippen LogP contribution in [0, 0.1) is 0 Å². The number of para-hydroxylation sites is 1. The molecule has 28 heavy (non-hydrogen) atoms. The minimum Gasteiger partial charge on any atom is -0.497 e. The molecule has 0 atom stereocenters. The van der Waals surface area contributed by atoms with Crippen molar-refractivity contribution in [3.63, 3.8) is 0 Å². The number of hydrogen-bond acceptors (Lipinski definition) is 5. The maximum absolute atomic E-state index is 12.7. The van der Waals surface area contributed by atoms with Gasteiger partial charge in [-0.25, -0.2) is 0 Å². The lowest BCUT2D eigenvalue weighted by molar-refractivity contribution is -0.132. The van der Waals surface area contributed by atoms with Gasteiger partial charge in [0.05, 0.1) is 13.5 Å². The van der Waals surface area contributed by atoms with Gasteiger partial charge in [0, 0.05) is 37.1 Å². The fraction of sp³-hybridized carbons (Fsp3) is 0.286. The van der Waals surface area contributed by atoms with Crippen LogP contribution >= 0.6 is 0 Å². The largest absolute Gasteiger partial charge is 0.497 e. The quantitative estimate of drug-likeness (QED) is 0.696. The van der Waals surface area contributed by atoms with Crippen LogP contribution in [0.2, 0.25) is 0 Å². The van der Waals surface area contributed by atoms with E-state index >= 15 is 0 Å². The molecule has 1 aliphatic heterocycles. The Morgan fingerprint density at radius 1 is 1.04 bits per heavy atom. The number of methoxy groups -OCH3 is 1. The Hall–Kier alpha value is -3.35. The number of aromatic nitrogens is 1. The summed E-state index contributed by atoms with van der Waals surface area (Å²) in [6.07, 6.45) is 0.195. The molecular weight excluding hydrogens is 358 g/mol. The number of ether oxygens (including phenoxy) is 1. The van der Waals surface area contributed by atoms with Crippen LogP contribution in [0.3, 0.4) is 0 Å². The first-order chi connectivity index (χ1) is 13.7. The number of piperazine rings is 1. The molecule has 144 valence electrons. The molecular formula is C21H21N3O4. The molecule has 3 aromatic rings. The summed E-state index contributed by atoms with van der Waals surface area (Å²) in [7, 11) is 1.58. The lowest BCUT2D eigenvalue weighted by atomic mass is 10.1. The second kappa shape index (κ2) is 7.72. The molecule has 7 heteroatoms. The topological polar surface area (TPSA) is 75.9 Å². The van der Waals surface area contributed by atoms with Crippen molar-refractivity contribution < 1.29 is 18.8 Å². The van der Waals surface area contributed by atoms with Gasteiger partial charge in [-0.15, -0.1) is 0 Å². The first-order valence-corrected chi connectivity index (χ1v) is 9.20. The molecule has 0 unspecified atom stereocenters. The molecule has 2 aromatic carbocycles. The molecule has 4 rings (SSSR count). The van der Waals surface area contributed by atoms with E-state index in [1.807, 2.05) is 24.3 Å². The van der Waals surface area contributed by atoms with Crippen molar-refractivity contribution in [3.05, 3.63) is 59.8 Å². The Bertz CT molecular complexity index is 1010. The highest BCUT2D eigenvalue weighted by molar-refractivity contribution is 5.95. The van der Waals surface area contributed by atoms with Crippen LogP contribution in [-0.2, 0) is 11.2 Å². The molecule has 1 saturated heterocycles. The van der Waals surface area contributed by atoms with Gasteiger partial charge in [0.1, 0.15) is 11.4 Å². The van der Waals surface area contributed by atoms with Gasteiger partial charge in [0.25, 0.3) is 5.91 Å². The summed E-state index contributed by atoms with van der Waals surface area (Å²) in [6, 6.07) is 14.6. The van der Waals surface area contributed by atoms with Gasteiger partial charge in [-0.1, -0.05) is 23.4 Å². The predicted molar refractivity (Wildman–Crippen MR) is 103 cm³/mol. The zero-order valence-electron chi connectivity index (χ0n) is 15.6. The van der Waals surface area contributed by atoms with Crippen molar-refractivity contribution in [1.82, 2.24) is 15.0 Å². The average Bonchev–Trinajstić information content (AvgIpc) is 3.16. The second-order valence-corrected chi connectivity index (χ2v) is 6.71. The molecule has 0 aliphatic carbocycles. The summed E-state index contributed by atoms with van der Waals surface area (Å²) in [6.45, 7) is 2.01. The van der Waals surface area contributed by atoms with E-state index in [1.165, 1.54) is 0 Å². The van der Waals surface area contributed by atoms with Crippen LogP contribution in [0.25, 0.3) is 11.0 Å². The standard InChI is InChI=1S/C21H21N3O4/c1-27-16-6-4-5-15(13-16)21(26)24-11-9-23(10-12-24)20(25)14-18-17-7-2-3-8-19(17)28-22-18/h2-8,13H,9-12,14H2,1H3. The van der Waals surface area contributed by atoms with Gasteiger partial charge in [0.2, 0.25) is 5.91 Å². The molecule has 1 fully saturated rings. The number of rotatable bonds is 4. The molecule has 0 bridgehead atoms. The Morgan fingerprint density at radius 2 is 1.79 bits per heavy atom. The number of fused-ring (bicyclic) bond motifs is 1. The van der Waals surface area contributed by atoms with Gasteiger partial charge in [-0.3, -0.25) is 9.59 Å². The van der Waals surface area contributed by atoms with E-state index in [9.17, 15) is 9.59 Å². The van der Waals surface area contributed by atoms with Gasteiger partial charge >= 0.3 is 0 Å². The van der Waals surface area contributed by atoms with E-state index in [4.69, 9.17) is 9.26 Å². The molecule has 0 spiro atoms. The van der Waals surface area contributed by atoms with Crippen molar-refractivity contribution in [2.75, 3.05) is 33.3 Å². The lowest BCUT2D eigenvalue weighted by Crippen LogP contribution is -2.51. The zero-order valence-corrected chi connectivity index (χ0v) is 15.6. The number of carbonyl (C=O) groups is 2. The van der Waals surface area contributed by atoms with Crippen molar-refractivity contribution in [3.8, 4) is 5.75 Å². The molecule has 7 nitrogen and oxygen atoms in total. The highest BCUT2D eigenvalue weighted by atomic mass is 16.5. The summed E-state index contributed by atoms with van der Waals surface area (Å²) in [4.78, 5) is 28.9. The number of nitrogens with zero attached hydrogens (tertiary/aromatic N) is 3. The van der Waals surface area contributed by atoms with Crippen molar-refractivity contribution >= 4 is 22.8 Å². The van der Waals surface area contributed by atoms with E-state index in [0.29, 0.717) is 48.8 Å². The first-order valence-electron chi connectivity index (χ1n) is 9.20. The lowest BCUT2D eigenvalue weighted by Gasteiger charge is -2.34. The zero-order chi connectivity index (χ0) is 19.5.